The molecule has 2 heterocycles. The molecule has 18 nitrogen and oxygen atoms in total. The van der Waals surface area contributed by atoms with Gasteiger partial charge in [0.1, 0.15) is 0 Å². The Bertz CT molecular complexity index is 1360. The van der Waals surface area contributed by atoms with Crippen LogP contribution in [0.3, 0.4) is 0 Å². The number of rotatable bonds is 21. The van der Waals surface area contributed by atoms with Gasteiger partial charge < -0.3 is 44.4 Å². The Morgan fingerprint density at radius 3 is 1.24 bits per heavy atom. The number of hydrogen-bond donors (Lipinski definition) is 7. The van der Waals surface area contributed by atoms with E-state index in [2.05, 4.69) is 21.9 Å². The average Bonchev–Trinajstić information content (AvgIpc) is 3.39. The van der Waals surface area contributed by atoms with Crippen molar-refractivity contribution in [3.05, 3.63) is 80.4 Å². The molecule has 0 saturated heterocycles. The maximum atomic E-state index is 12.1. The minimum absolute atomic E-state index is 0.000912. The van der Waals surface area contributed by atoms with E-state index >= 15 is 0 Å². The highest BCUT2D eigenvalue weighted by Gasteiger charge is 2.34. The molecule has 1 aromatic heterocycles. The van der Waals surface area contributed by atoms with Gasteiger partial charge in [0.2, 0.25) is 0 Å². The molecule has 2 amide bonds. The Morgan fingerprint density at radius 2 is 0.860 bits per heavy atom. The Morgan fingerprint density at radius 1 is 0.520 bits per heavy atom. The number of ether oxygens (including phenoxy) is 6. The van der Waals surface area contributed by atoms with Gasteiger partial charge in [0.05, 0.1) is 121 Å². The summed E-state index contributed by atoms with van der Waals surface area (Å²) in [7, 11) is 0. The molecule has 0 saturated carbocycles. The minimum Gasteiger partial charge on any atom is -0.394 e. The first-order chi connectivity index (χ1) is 24.5. The first kappa shape index (κ1) is 44.1. The highest BCUT2D eigenvalue weighted by Crippen LogP contribution is 2.21. The molecule has 3 aromatic rings. The van der Waals surface area contributed by atoms with E-state index in [0.29, 0.717) is 101 Å². The van der Waals surface area contributed by atoms with Gasteiger partial charge in [-0.05, 0) is 24.3 Å². The summed E-state index contributed by atoms with van der Waals surface area (Å²) in [5.41, 5.74) is 5.56. The number of aromatic nitrogens is 2. The van der Waals surface area contributed by atoms with Crippen molar-refractivity contribution in [2.45, 2.75) is 0 Å². The molecule has 0 aliphatic carbocycles. The van der Waals surface area contributed by atoms with Gasteiger partial charge in [-0.15, -0.1) is 0 Å². The van der Waals surface area contributed by atoms with Crippen molar-refractivity contribution < 1.29 is 48.2 Å². The second-order valence-electron chi connectivity index (χ2n) is 9.67. The van der Waals surface area contributed by atoms with Gasteiger partial charge in [-0.3, -0.25) is 46.0 Å². The number of nitrogens with two attached hydrogens (primary N) is 3. The van der Waals surface area contributed by atoms with Crippen molar-refractivity contribution in [3.63, 3.8) is 0 Å². The Kier molecular flexibility index (Phi) is 25.5. The lowest BCUT2D eigenvalue weighted by Crippen LogP contribution is -2.33. The number of fused-ring (bicyclic) bond motifs is 2. The van der Waals surface area contributed by atoms with Gasteiger partial charge in [-0.1, -0.05) is 24.3 Å². The van der Waals surface area contributed by atoms with E-state index in [1.165, 1.54) is 4.90 Å². The van der Waals surface area contributed by atoms with Crippen LogP contribution in [0.25, 0.3) is 10.8 Å². The summed E-state index contributed by atoms with van der Waals surface area (Å²) in [5, 5.41) is 22.2. The van der Waals surface area contributed by atoms with Crippen LogP contribution >= 0.6 is 0 Å². The van der Waals surface area contributed by atoms with Crippen molar-refractivity contribution in [3.8, 4) is 0 Å². The van der Waals surface area contributed by atoms with Crippen LogP contribution < -0.4 is 28.5 Å². The number of imide groups is 1. The van der Waals surface area contributed by atoms with Crippen molar-refractivity contribution in [2.75, 3.05) is 106 Å². The zero-order valence-corrected chi connectivity index (χ0v) is 28.1. The number of aliphatic hydroxyl groups is 2. The second-order valence-corrected chi connectivity index (χ2v) is 9.67. The molecule has 1 aliphatic heterocycles. The van der Waals surface area contributed by atoms with Crippen LogP contribution in [0.4, 0.5) is 0 Å². The number of H-pyrrole nitrogens is 2. The summed E-state index contributed by atoms with van der Waals surface area (Å²) < 4.78 is 30.9. The fourth-order valence-electron chi connectivity index (χ4n) is 4.02. The standard InChI is InChI=1S/C16H21NO6.C8H6N2O2.C8H19NO4.H4N2/c18-6-8-22-10-12-23-11-9-21-7-5-17-15(19)13-3-1-2-4-14(13)16(17)20;11-7-5-3-1-2-4-6(5)8(12)10-9-7;9-1-3-11-5-7-13-8-6-12-4-2-10;1-2/h1-4,18H,5-12H2;1-4H,(H,9,11)(H,10,12);10H,1-9H2;1-2H2. The fourth-order valence-corrected chi connectivity index (χ4v) is 4.02. The third-order valence-corrected chi connectivity index (χ3v) is 6.26. The summed E-state index contributed by atoms with van der Waals surface area (Å²) in [5.74, 6) is 7.46. The first-order valence-electron chi connectivity index (χ1n) is 15.8. The van der Waals surface area contributed by atoms with Crippen LogP contribution in [0, 0.1) is 0 Å². The van der Waals surface area contributed by atoms with Crippen molar-refractivity contribution >= 4 is 22.6 Å². The van der Waals surface area contributed by atoms with Crippen LogP contribution in [0.1, 0.15) is 20.7 Å². The highest BCUT2D eigenvalue weighted by molar-refractivity contribution is 6.21. The van der Waals surface area contributed by atoms with Gasteiger partial charge in [-0.25, -0.2) is 0 Å². The van der Waals surface area contributed by atoms with Gasteiger partial charge in [0.25, 0.3) is 22.9 Å². The van der Waals surface area contributed by atoms with E-state index < -0.39 is 0 Å². The molecule has 10 N–H and O–H groups in total. The lowest BCUT2D eigenvalue weighted by Gasteiger charge is -2.13. The number of nitrogens with zero attached hydrogens (tertiary/aromatic N) is 1. The molecule has 0 atom stereocenters. The number of hydrazine groups is 1. The third-order valence-electron chi connectivity index (χ3n) is 6.26. The third kappa shape index (κ3) is 17.1. The molecule has 0 unspecified atom stereocenters. The topological polar surface area (TPSA) is 277 Å². The summed E-state index contributed by atoms with van der Waals surface area (Å²) in [6, 6.07) is 13.5. The van der Waals surface area contributed by atoms with E-state index in [-0.39, 0.29) is 49.3 Å². The highest BCUT2D eigenvalue weighted by atomic mass is 16.6. The predicted octanol–water partition coefficient (Wildman–Crippen LogP) is -1.65. The molecule has 18 heteroatoms. The summed E-state index contributed by atoms with van der Waals surface area (Å²) in [6.45, 7) is 6.16. The van der Waals surface area contributed by atoms with Crippen LogP contribution in [0.2, 0.25) is 0 Å². The Balaban J connectivity index is 0.000000394. The molecule has 0 bridgehead atoms. The molecule has 0 fully saturated rings. The zero-order chi connectivity index (χ0) is 36.8. The molecular formula is C32H50N6O12. The van der Waals surface area contributed by atoms with Gasteiger partial charge in [0, 0.05) is 6.54 Å². The Labute approximate surface area is 289 Å². The summed E-state index contributed by atoms with van der Waals surface area (Å²) in [4.78, 5) is 47.6. The van der Waals surface area contributed by atoms with E-state index in [4.69, 9.17) is 44.4 Å². The van der Waals surface area contributed by atoms with E-state index in [1.54, 1.807) is 48.5 Å². The summed E-state index contributed by atoms with van der Waals surface area (Å²) in [6.07, 6.45) is 0. The molecule has 2 aromatic carbocycles. The van der Waals surface area contributed by atoms with Gasteiger partial charge >= 0.3 is 0 Å². The number of benzene rings is 2. The molecule has 0 radical (unpaired) electrons. The fraction of sp³-hybridized carbons (Fsp3) is 0.500. The SMILES string of the molecule is NCCOCCOCCOCCO.NN.O=C1c2ccccc2C(=O)N1CCOCCOCCOCCO.O=c1[nH][nH]c(=O)c2ccccc12. The maximum Gasteiger partial charge on any atom is 0.270 e. The maximum absolute atomic E-state index is 12.1. The quantitative estimate of drug-likeness (QED) is 0.0282. The molecule has 280 valence electrons. The number of nitrogens with one attached hydrogen (secondary N) is 2. The van der Waals surface area contributed by atoms with Crippen LogP contribution in [0.15, 0.2) is 58.1 Å². The van der Waals surface area contributed by atoms with E-state index in [1.807, 2.05) is 0 Å². The number of aliphatic hydroxyl groups excluding tert-OH is 2. The predicted molar refractivity (Wildman–Crippen MR) is 184 cm³/mol. The number of carbonyl (C=O) groups excluding carboxylic acids is 2. The number of carbonyl (C=O) groups is 2. The number of amides is 2. The second kappa shape index (κ2) is 28.9. The van der Waals surface area contributed by atoms with Crippen molar-refractivity contribution in [1.29, 1.82) is 0 Å². The van der Waals surface area contributed by atoms with E-state index in [0.717, 1.165) is 0 Å². The average molecular weight is 711 g/mol. The van der Waals surface area contributed by atoms with Crippen molar-refractivity contribution in [2.24, 2.45) is 17.4 Å². The molecule has 4 rings (SSSR count). The van der Waals surface area contributed by atoms with Crippen molar-refractivity contribution in [1.82, 2.24) is 15.1 Å². The summed E-state index contributed by atoms with van der Waals surface area (Å²) >= 11 is 0. The van der Waals surface area contributed by atoms with Gasteiger partial charge in [0.15, 0.2) is 0 Å². The molecule has 0 spiro atoms. The molecular weight excluding hydrogens is 660 g/mol. The largest absolute Gasteiger partial charge is 0.394 e. The molecule has 1 aliphatic rings. The molecule has 50 heavy (non-hydrogen) atoms. The van der Waals surface area contributed by atoms with Gasteiger partial charge in [-0.2, -0.15) is 0 Å². The number of aromatic amines is 2. The first-order valence-corrected chi connectivity index (χ1v) is 15.8. The number of hydrogen-bond acceptors (Lipinski definition) is 15. The van der Waals surface area contributed by atoms with Crippen LogP contribution in [-0.4, -0.2) is 143 Å². The normalized spacial score (nSPS) is 11.7. The monoisotopic (exact) mass is 710 g/mol. The Hall–Kier alpha value is -3.92. The zero-order valence-electron chi connectivity index (χ0n) is 28.1. The lowest BCUT2D eigenvalue weighted by atomic mass is 10.1. The van der Waals surface area contributed by atoms with Crippen LogP contribution in [-0.2, 0) is 28.4 Å². The lowest BCUT2D eigenvalue weighted by molar-refractivity contribution is 0.00533. The van der Waals surface area contributed by atoms with E-state index in [9.17, 15) is 19.2 Å². The smallest absolute Gasteiger partial charge is 0.270 e. The minimum atomic E-state index is -0.273. The van der Waals surface area contributed by atoms with Crippen LogP contribution in [0.5, 0.6) is 0 Å².